The maximum Gasteiger partial charge on any atom is 0.161 e. The largest absolute Gasteiger partial charge is 0.493 e. The van der Waals surface area contributed by atoms with Crippen molar-refractivity contribution in [3.05, 3.63) is 23.8 Å². The molecule has 1 fully saturated rings. The molecule has 0 amide bonds. The molecule has 0 bridgehead atoms. The average Bonchev–Trinajstić information content (AvgIpc) is 2.49. The molecule has 4 heteroatoms. The Labute approximate surface area is 120 Å². The molecule has 1 aliphatic carbocycles. The fraction of sp³-hybridized carbons (Fsp3) is 0.562. The highest BCUT2D eigenvalue weighted by Crippen LogP contribution is 2.27. The molecule has 1 atom stereocenters. The van der Waals surface area contributed by atoms with Crippen molar-refractivity contribution in [2.75, 3.05) is 20.8 Å². The van der Waals surface area contributed by atoms with Crippen LogP contribution in [0.1, 0.15) is 31.2 Å². The van der Waals surface area contributed by atoms with E-state index in [1.165, 1.54) is 0 Å². The molecule has 1 aliphatic rings. The third kappa shape index (κ3) is 3.73. The number of carbonyl (C=O) groups is 1. The maximum atomic E-state index is 11.7. The van der Waals surface area contributed by atoms with Gasteiger partial charge in [0.1, 0.15) is 6.10 Å². The number of rotatable bonds is 6. The summed E-state index contributed by atoms with van der Waals surface area (Å²) < 4.78 is 16.2. The van der Waals surface area contributed by atoms with Crippen LogP contribution in [0.3, 0.4) is 0 Å². The lowest BCUT2D eigenvalue weighted by atomic mass is 9.96. The van der Waals surface area contributed by atoms with Crippen LogP contribution in [0.5, 0.6) is 11.5 Å². The molecule has 0 unspecified atom stereocenters. The highest BCUT2D eigenvalue weighted by Gasteiger charge is 2.22. The van der Waals surface area contributed by atoms with Crippen molar-refractivity contribution in [2.45, 2.75) is 38.2 Å². The van der Waals surface area contributed by atoms with Crippen molar-refractivity contribution in [3.63, 3.8) is 0 Å². The second-order valence-electron chi connectivity index (χ2n) is 5.01. The predicted molar refractivity (Wildman–Crippen MR) is 76.5 cm³/mol. The third-order valence-electron chi connectivity index (χ3n) is 3.66. The minimum Gasteiger partial charge on any atom is -0.493 e. The number of Topliss-reactive ketones (excluding diaryl/α,β-unsaturated/α-hetero) is 1. The first kappa shape index (κ1) is 14.9. The van der Waals surface area contributed by atoms with E-state index >= 15 is 0 Å². The van der Waals surface area contributed by atoms with Crippen molar-refractivity contribution in [1.29, 1.82) is 0 Å². The molecule has 0 heterocycles. The van der Waals surface area contributed by atoms with Gasteiger partial charge in [-0.15, -0.1) is 0 Å². The molecule has 0 spiro atoms. The van der Waals surface area contributed by atoms with Crippen molar-refractivity contribution in [3.8, 4) is 11.5 Å². The van der Waals surface area contributed by atoms with Gasteiger partial charge in [-0.2, -0.15) is 0 Å². The first-order chi connectivity index (χ1) is 9.74. The van der Waals surface area contributed by atoms with Gasteiger partial charge in [-0.1, -0.05) is 6.07 Å². The second-order valence-corrected chi connectivity index (χ2v) is 5.01. The zero-order chi connectivity index (χ0) is 14.4. The monoisotopic (exact) mass is 278 g/mol. The molecule has 0 aliphatic heterocycles. The minimum absolute atomic E-state index is 0.191. The van der Waals surface area contributed by atoms with E-state index in [0.29, 0.717) is 13.0 Å². The Morgan fingerprint density at radius 2 is 1.95 bits per heavy atom. The summed E-state index contributed by atoms with van der Waals surface area (Å²) in [7, 11) is 3.24. The van der Waals surface area contributed by atoms with Crippen molar-refractivity contribution < 1.29 is 19.0 Å². The van der Waals surface area contributed by atoms with E-state index in [0.717, 1.165) is 42.7 Å². The molecule has 0 radical (unpaired) electrons. The molecule has 2 rings (SSSR count). The van der Waals surface area contributed by atoms with Crippen LogP contribution in [0.4, 0.5) is 0 Å². The molecule has 1 saturated carbocycles. The molecule has 0 saturated heterocycles. The van der Waals surface area contributed by atoms with Gasteiger partial charge in [-0.25, -0.2) is 0 Å². The maximum absolute atomic E-state index is 11.7. The summed E-state index contributed by atoms with van der Waals surface area (Å²) >= 11 is 0. The van der Waals surface area contributed by atoms with Gasteiger partial charge in [0.05, 0.1) is 20.8 Å². The Kier molecular flexibility index (Phi) is 5.41. The second kappa shape index (κ2) is 7.29. The molecule has 20 heavy (non-hydrogen) atoms. The highest BCUT2D eigenvalue weighted by atomic mass is 16.5. The molecule has 1 aromatic carbocycles. The highest BCUT2D eigenvalue weighted by molar-refractivity contribution is 5.83. The summed E-state index contributed by atoms with van der Waals surface area (Å²) in [4.78, 5) is 11.7. The van der Waals surface area contributed by atoms with Crippen LogP contribution in [0.25, 0.3) is 0 Å². The summed E-state index contributed by atoms with van der Waals surface area (Å²) in [6.45, 7) is 0.561. The third-order valence-corrected chi connectivity index (χ3v) is 3.66. The van der Waals surface area contributed by atoms with Crippen molar-refractivity contribution >= 4 is 5.78 Å². The first-order valence-electron chi connectivity index (χ1n) is 7.10. The molecule has 0 aromatic heterocycles. The van der Waals surface area contributed by atoms with Crippen LogP contribution < -0.4 is 9.47 Å². The number of carbonyl (C=O) groups excluding carboxylic acids is 1. The lowest BCUT2D eigenvalue weighted by Crippen LogP contribution is -2.28. The standard InChI is InChI=1S/C16H22O4/c1-18-15-8-7-12(11-16(15)19-2)9-10-20-14-6-4-3-5-13(14)17/h7-8,11,14H,3-6,9-10H2,1-2H3/t14-/m0/s1. The molecule has 1 aromatic rings. The lowest BCUT2D eigenvalue weighted by molar-refractivity contribution is -0.133. The Morgan fingerprint density at radius 3 is 2.65 bits per heavy atom. The van der Waals surface area contributed by atoms with Crippen LogP contribution >= 0.6 is 0 Å². The Balaban J connectivity index is 1.86. The molecule has 4 nitrogen and oxygen atoms in total. The molecular weight excluding hydrogens is 256 g/mol. The van der Waals surface area contributed by atoms with Crippen LogP contribution in [-0.4, -0.2) is 32.7 Å². The van der Waals surface area contributed by atoms with Gasteiger partial charge in [-0.3, -0.25) is 4.79 Å². The molecular formula is C16H22O4. The summed E-state index contributed by atoms with van der Waals surface area (Å²) in [6, 6.07) is 5.83. The van der Waals surface area contributed by atoms with E-state index in [2.05, 4.69) is 0 Å². The zero-order valence-electron chi connectivity index (χ0n) is 12.2. The first-order valence-corrected chi connectivity index (χ1v) is 7.10. The van der Waals surface area contributed by atoms with Gasteiger partial charge < -0.3 is 14.2 Å². The quantitative estimate of drug-likeness (QED) is 0.802. The molecule has 0 N–H and O–H groups in total. The summed E-state index contributed by atoms with van der Waals surface area (Å²) in [5.41, 5.74) is 1.12. The zero-order valence-corrected chi connectivity index (χ0v) is 12.2. The van der Waals surface area contributed by atoms with Crippen LogP contribution in [0.2, 0.25) is 0 Å². The van der Waals surface area contributed by atoms with Crippen LogP contribution in [0, 0.1) is 0 Å². The minimum atomic E-state index is -0.191. The van der Waals surface area contributed by atoms with Crippen molar-refractivity contribution in [1.82, 2.24) is 0 Å². The van der Waals surface area contributed by atoms with Gasteiger partial charge in [0, 0.05) is 6.42 Å². The Hall–Kier alpha value is -1.55. The SMILES string of the molecule is COc1ccc(CCO[C@H]2CCCCC2=O)cc1OC. The lowest BCUT2D eigenvalue weighted by Gasteiger charge is -2.20. The van der Waals surface area contributed by atoms with Crippen molar-refractivity contribution in [2.24, 2.45) is 0 Å². The smallest absolute Gasteiger partial charge is 0.161 e. The fourth-order valence-corrected chi connectivity index (χ4v) is 2.48. The summed E-state index contributed by atoms with van der Waals surface area (Å²) in [5, 5.41) is 0. The predicted octanol–water partition coefficient (Wildman–Crippen LogP) is 2.77. The van der Waals surface area contributed by atoms with Gasteiger partial charge in [0.25, 0.3) is 0 Å². The van der Waals surface area contributed by atoms with E-state index in [4.69, 9.17) is 14.2 Å². The summed E-state index contributed by atoms with van der Waals surface area (Å²) in [5.74, 6) is 1.70. The van der Waals surface area contributed by atoms with E-state index in [1.54, 1.807) is 14.2 Å². The van der Waals surface area contributed by atoms with E-state index in [-0.39, 0.29) is 11.9 Å². The van der Waals surface area contributed by atoms with Crippen LogP contribution in [0.15, 0.2) is 18.2 Å². The number of hydrogen-bond donors (Lipinski definition) is 0. The topological polar surface area (TPSA) is 44.8 Å². The van der Waals surface area contributed by atoms with Gasteiger partial charge >= 0.3 is 0 Å². The van der Waals surface area contributed by atoms with Gasteiger partial charge in [0.15, 0.2) is 17.3 Å². The van der Waals surface area contributed by atoms with Crippen LogP contribution in [-0.2, 0) is 16.0 Å². The van der Waals surface area contributed by atoms with Gasteiger partial charge in [-0.05, 0) is 43.4 Å². The van der Waals surface area contributed by atoms with E-state index < -0.39 is 0 Å². The van der Waals surface area contributed by atoms with E-state index in [9.17, 15) is 4.79 Å². The average molecular weight is 278 g/mol. The number of hydrogen-bond acceptors (Lipinski definition) is 4. The number of benzene rings is 1. The Bertz CT molecular complexity index is 456. The summed E-state index contributed by atoms with van der Waals surface area (Å²) in [6.07, 6.45) is 4.21. The van der Waals surface area contributed by atoms with E-state index in [1.807, 2.05) is 18.2 Å². The fourth-order valence-electron chi connectivity index (χ4n) is 2.48. The molecule has 110 valence electrons. The number of ether oxygens (including phenoxy) is 3. The number of methoxy groups -OCH3 is 2. The van der Waals surface area contributed by atoms with Gasteiger partial charge in [0.2, 0.25) is 0 Å². The Morgan fingerprint density at radius 1 is 1.15 bits per heavy atom. The normalized spacial score (nSPS) is 18.9. The number of ketones is 1.